The van der Waals surface area contributed by atoms with Gasteiger partial charge in [-0.15, -0.1) is 11.8 Å². The predicted octanol–water partition coefficient (Wildman–Crippen LogP) is 3.39. The summed E-state index contributed by atoms with van der Waals surface area (Å²) in [5, 5.41) is 9.65. The minimum atomic E-state index is -0.832. The van der Waals surface area contributed by atoms with Crippen molar-refractivity contribution in [2.75, 3.05) is 18.8 Å². The molecule has 1 aromatic carbocycles. The lowest BCUT2D eigenvalue weighted by molar-refractivity contribution is -0.143. The third-order valence-electron chi connectivity index (χ3n) is 3.53. The van der Waals surface area contributed by atoms with E-state index in [1.807, 2.05) is 13.0 Å². The molecular weight excluding hydrogens is 310 g/mol. The lowest BCUT2D eigenvalue weighted by atomic mass is 9.97. The van der Waals surface area contributed by atoms with Crippen LogP contribution >= 0.6 is 23.4 Å². The van der Waals surface area contributed by atoms with Crippen LogP contribution < -0.4 is 0 Å². The van der Waals surface area contributed by atoms with Crippen LogP contribution in [0.5, 0.6) is 0 Å². The molecule has 1 aliphatic heterocycles. The fourth-order valence-corrected chi connectivity index (χ4v) is 3.43. The summed E-state index contributed by atoms with van der Waals surface area (Å²) in [7, 11) is 0. The number of aliphatic carboxylic acids is 1. The van der Waals surface area contributed by atoms with E-state index in [0.29, 0.717) is 23.6 Å². The zero-order valence-electron chi connectivity index (χ0n) is 11.8. The second kappa shape index (κ2) is 7.18. The average Bonchev–Trinajstić information content (AvgIpc) is 2.48. The van der Waals surface area contributed by atoms with Gasteiger partial charge in [-0.2, -0.15) is 0 Å². The van der Waals surface area contributed by atoms with E-state index in [4.69, 9.17) is 16.7 Å². The first-order valence-electron chi connectivity index (χ1n) is 6.97. The van der Waals surface area contributed by atoms with Crippen molar-refractivity contribution in [1.29, 1.82) is 0 Å². The number of amides is 1. The smallest absolute Gasteiger partial charge is 0.308 e. The van der Waals surface area contributed by atoms with Crippen molar-refractivity contribution in [3.63, 3.8) is 0 Å². The van der Waals surface area contributed by atoms with Crippen LogP contribution in [0.25, 0.3) is 0 Å². The minimum absolute atomic E-state index is 0.126. The second-order valence-electron chi connectivity index (χ2n) is 5.00. The van der Waals surface area contributed by atoms with Gasteiger partial charge < -0.3 is 10.0 Å². The molecule has 1 aliphatic rings. The molecule has 4 nitrogen and oxygen atoms in total. The van der Waals surface area contributed by atoms with Crippen LogP contribution in [0.4, 0.5) is 0 Å². The highest BCUT2D eigenvalue weighted by atomic mass is 35.5. The van der Waals surface area contributed by atoms with E-state index in [1.165, 1.54) is 0 Å². The Bertz CT molecular complexity index is 550. The zero-order chi connectivity index (χ0) is 15.4. The molecule has 114 valence electrons. The molecule has 0 saturated carbocycles. The van der Waals surface area contributed by atoms with Crippen molar-refractivity contribution in [2.45, 2.75) is 24.7 Å². The highest BCUT2D eigenvalue weighted by Gasteiger charge is 2.29. The maximum Gasteiger partial charge on any atom is 0.308 e. The minimum Gasteiger partial charge on any atom is -0.481 e. The van der Waals surface area contributed by atoms with Gasteiger partial charge in [0, 0.05) is 23.0 Å². The van der Waals surface area contributed by atoms with Gasteiger partial charge in [0.25, 0.3) is 5.91 Å². The molecule has 1 amide bonds. The van der Waals surface area contributed by atoms with Crippen molar-refractivity contribution in [2.24, 2.45) is 5.92 Å². The number of likely N-dealkylation sites (tertiary alicyclic amines) is 1. The first kappa shape index (κ1) is 16.2. The predicted molar refractivity (Wildman–Crippen MR) is 84.1 cm³/mol. The Morgan fingerprint density at radius 3 is 2.90 bits per heavy atom. The third-order valence-corrected chi connectivity index (χ3v) is 4.72. The van der Waals surface area contributed by atoms with Gasteiger partial charge in [0.1, 0.15) is 0 Å². The van der Waals surface area contributed by atoms with E-state index in [1.54, 1.807) is 28.8 Å². The van der Waals surface area contributed by atoms with Gasteiger partial charge in [-0.25, -0.2) is 0 Å². The van der Waals surface area contributed by atoms with Crippen molar-refractivity contribution >= 4 is 35.2 Å². The zero-order valence-corrected chi connectivity index (χ0v) is 13.4. The number of halogens is 1. The Morgan fingerprint density at radius 2 is 2.24 bits per heavy atom. The number of piperidine rings is 1. The molecule has 0 aliphatic carbocycles. The topological polar surface area (TPSA) is 57.6 Å². The van der Waals surface area contributed by atoms with Gasteiger partial charge in [-0.3, -0.25) is 9.59 Å². The molecule has 0 bridgehead atoms. The summed E-state index contributed by atoms with van der Waals surface area (Å²) in [6.07, 6.45) is 1.35. The number of hydrogen-bond acceptors (Lipinski definition) is 3. The fourth-order valence-electron chi connectivity index (χ4n) is 2.48. The Kier molecular flexibility index (Phi) is 5.53. The highest BCUT2D eigenvalue weighted by molar-refractivity contribution is 7.99. The van der Waals surface area contributed by atoms with E-state index >= 15 is 0 Å². The summed E-state index contributed by atoms with van der Waals surface area (Å²) in [6, 6.07) is 5.29. The summed E-state index contributed by atoms with van der Waals surface area (Å²) in [5.74, 6) is -0.565. The molecule has 2 rings (SSSR count). The molecular formula is C15H18ClNO3S. The molecule has 0 unspecified atom stereocenters. The van der Waals surface area contributed by atoms with Gasteiger partial charge in [0.05, 0.1) is 11.5 Å². The summed E-state index contributed by atoms with van der Waals surface area (Å²) in [6.45, 7) is 2.90. The molecule has 1 saturated heterocycles. The first-order chi connectivity index (χ1) is 10.0. The van der Waals surface area contributed by atoms with E-state index in [9.17, 15) is 9.59 Å². The Balaban J connectivity index is 2.22. The quantitative estimate of drug-likeness (QED) is 0.861. The number of rotatable bonds is 4. The third kappa shape index (κ3) is 3.92. The lowest BCUT2D eigenvalue weighted by Gasteiger charge is -2.31. The molecule has 0 spiro atoms. The molecule has 1 fully saturated rings. The summed E-state index contributed by atoms with van der Waals surface area (Å²) in [5.41, 5.74) is 0.570. The highest BCUT2D eigenvalue weighted by Crippen LogP contribution is 2.28. The molecule has 6 heteroatoms. The van der Waals surface area contributed by atoms with E-state index in [2.05, 4.69) is 0 Å². The van der Waals surface area contributed by atoms with Crippen LogP contribution in [-0.2, 0) is 4.79 Å². The summed E-state index contributed by atoms with van der Waals surface area (Å²) in [4.78, 5) is 26.3. The van der Waals surface area contributed by atoms with Gasteiger partial charge in [0.15, 0.2) is 0 Å². The molecule has 0 aromatic heterocycles. The largest absolute Gasteiger partial charge is 0.481 e. The number of hydrogen-bond donors (Lipinski definition) is 1. The van der Waals surface area contributed by atoms with Crippen LogP contribution in [0.3, 0.4) is 0 Å². The van der Waals surface area contributed by atoms with Gasteiger partial charge in [-0.05, 0) is 36.8 Å². The fraction of sp³-hybridized carbons (Fsp3) is 0.467. The molecule has 1 atom stereocenters. The number of carboxylic acids is 1. The van der Waals surface area contributed by atoms with Crippen LogP contribution in [0.2, 0.25) is 5.02 Å². The van der Waals surface area contributed by atoms with Crippen LogP contribution in [0.1, 0.15) is 30.1 Å². The Hall–Kier alpha value is -1.20. The van der Waals surface area contributed by atoms with Gasteiger partial charge >= 0.3 is 5.97 Å². The number of carbonyl (C=O) groups is 2. The number of carboxylic acid groups (broad SMARTS) is 1. The van der Waals surface area contributed by atoms with Crippen LogP contribution in [0, 0.1) is 5.92 Å². The van der Waals surface area contributed by atoms with Gasteiger partial charge in [-0.1, -0.05) is 18.5 Å². The number of thioether (sulfide) groups is 1. The summed E-state index contributed by atoms with van der Waals surface area (Å²) < 4.78 is 0. The van der Waals surface area contributed by atoms with Crippen molar-refractivity contribution in [3.05, 3.63) is 28.8 Å². The molecule has 1 N–H and O–H groups in total. The van der Waals surface area contributed by atoms with Crippen LogP contribution in [-0.4, -0.2) is 40.7 Å². The van der Waals surface area contributed by atoms with E-state index in [-0.39, 0.29) is 12.5 Å². The number of benzene rings is 1. The molecule has 1 heterocycles. The average molecular weight is 328 g/mol. The maximum absolute atomic E-state index is 12.7. The molecule has 21 heavy (non-hydrogen) atoms. The normalized spacial score (nSPS) is 18.6. The number of carbonyl (C=O) groups excluding carboxylic acids is 1. The van der Waals surface area contributed by atoms with E-state index < -0.39 is 11.9 Å². The number of nitrogens with zero attached hydrogens (tertiary/aromatic N) is 1. The maximum atomic E-state index is 12.7. The van der Waals surface area contributed by atoms with Crippen molar-refractivity contribution in [1.82, 2.24) is 4.90 Å². The standard InChI is InChI=1S/C15H18ClNO3S/c1-2-21-13-6-5-11(16)8-12(13)14(18)17-7-3-4-10(9-17)15(19)20/h5-6,8,10H,2-4,7,9H2,1H3,(H,19,20)/t10-/m0/s1. The van der Waals surface area contributed by atoms with Gasteiger partial charge in [0.2, 0.25) is 0 Å². The SMILES string of the molecule is CCSc1ccc(Cl)cc1C(=O)N1CCC[C@H](C(=O)O)C1. The van der Waals surface area contributed by atoms with E-state index in [0.717, 1.165) is 17.1 Å². The van der Waals surface area contributed by atoms with Crippen molar-refractivity contribution in [3.8, 4) is 0 Å². The Morgan fingerprint density at radius 1 is 1.48 bits per heavy atom. The molecule has 1 aromatic rings. The monoisotopic (exact) mass is 327 g/mol. The van der Waals surface area contributed by atoms with Crippen molar-refractivity contribution < 1.29 is 14.7 Å². The molecule has 0 radical (unpaired) electrons. The Labute approximate surface area is 133 Å². The van der Waals surface area contributed by atoms with Crippen LogP contribution in [0.15, 0.2) is 23.1 Å². The first-order valence-corrected chi connectivity index (χ1v) is 8.33. The summed E-state index contributed by atoms with van der Waals surface area (Å²) >= 11 is 7.59. The second-order valence-corrected chi connectivity index (χ2v) is 6.74. The lowest BCUT2D eigenvalue weighted by Crippen LogP contribution is -2.42.